The Morgan fingerprint density at radius 2 is 2.00 bits per heavy atom. The second-order valence-electron chi connectivity index (χ2n) is 6.96. The number of hydrogen-bond donors (Lipinski definition) is 2. The van der Waals surface area contributed by atoms with Crippen molar-refractivity contribution >= 4 is 11.8 Å². The average Bonchev–Trinajstić information content (AvgIpc) is 3.39. The maximum absolute atomic E-state index is 12.8. The van der Waals surface area contributed by atoms with Crippen LogP contribution < -0.4 is 10.6 Å². The van der Waals surface area contributed by atoms with E-state index in [-0.39, 0.29) is 23.9 Å². The van der Waals surface area contributed by atoms with Crippen LogP contribution >= 0.6 is 0 Å². The highest BCUT2D eigenvalue weighted by molar-refractivity contribution is 5.95. The van der Waals surface area contributed by atoms with Gasteiger partial charge in [0.25, 0.3) is 5.91 Å². The Morgan fingerprint density at radius 3 is 2.72 bits per heavy atom. The molecule has 2 aliphatic rings. The monoisotopic (exact) mass is 338 g/mol. The van der Waals surface area contributed by atoms with Gasteiger partial charge in [0.2, 0.25) is 5.91 Å². The number of aromatic nitrogens is 2. The molecule has 1 saturated heterocycles. The van der Waals surface area contributed by atoms with Crippen LogP contribution in [0.15, 0.2) is 36.5 Å². The summed E-state index contributed by atoms with van der Waals surface area (Å²) in [5, 5.41) is 10.6. The second-order valence-corrected chi connectivity index (χ2v) is 6.96. The molecule has 2 aromatic rings. The Hall–Kier alpha value is -2.63. The number of benzene rings is 1. The molecule has 2 fully saturated rings. The fourth-order valence-electron chi connectivity index (χ4n) is 3.53. The molecular formula is C19H22N4O2. The molecule has 2 atom stereocenters. The number of carbonyl (C=O) groups excluding carboxylic acids is 2. The highest BCUT2D eigenvalue weighted by Gasteiger charge is 2.40. The summed E-state index contributed by atoms with van der Waals surface area (Å²) >= 11 is 0. The van der Waals surface area contributed by atoms with Gasteiger partial charge in [0, 0.05) is 12.6 Å². The summed E-state index contributed by atoms with van der Waals surface area (Å²) in [6.45, 7) is 1.84. The second kappa shape index (κ2) is 6.35. The van der Waals surface area contributed by atoms with Crippen molar-refractivity contribution in [3.05, 3.63) is 47.8 Å². The molecule has 1 aromatic carbocycles. The predicted molar refractivity (Wildman–Crippen MR) is 93.4 cm³/mol. The molecule has 4 rings (SSSR count). The van der Waals surface area contributed by atoms with Gasteiger partial charge in [0.1, 0.15) is 0 Å². The SMILES string of the molecule is Cc1nn(-c2ccccc2)cc1C(=O)N[C@@H]1CCC(=O)N[C@H]1C1CC1. The zero-order valence-corrected chi connectivity index (χ0v) is 14.2. The van der Waals surface area contributed by atoms with Gasteiger partial charge in [-0.15, -0.1) is 0 Å². The molecule has 2 N–H and O–H groups in total. The molecule has 6 heteroatoms. The molecule has 1 aliphatic heterocycles. The molecule has 1 aromatic heterocycles. The molecule has 0 radical (unpaired) electrons. The van der Waals surface area contributed by atoms with Gasteiger partial charge in [-0.05, 0) is 44.2 Å². The number of nitrogens with one attached hydrogen (secondary N) is 2. The highest BCUT2D eigenvalue weighted by Crippen LogP contribution is 2.36. The number of aryl methyl sites for hydroxylation is 1. The van der Waals surface area contributed by atoms with Gasteiger partial charge in [-0.2, -0.15) is 5.10 Å². The maximum Gasteiger partial charge on any atom is 0.255 e. The summed E-state index contributed by atoms with van der Waals surface area (Å²) < 4.78 is 1.73. The Balaban J connectivity index is 1.51. The zero-order chi connectivity index (χ0) is 17.4. The average molecular weight is 338 g/mol. The van der Waals surface area contributed by atoms with E-state index < -0.39 is 0 Å². The molecule has 25 heavy (non-hydrogen) atoms. The van der Waals surface area contributed by atoms with Crippen molar-refractivity contribution in [1.29, 1.82) is 0 Å². The lowest BCUT2D eigenvalue weighted by molar-refractivity contribution is -0.124. The fourth-order valence-corrected chi connectivity index (χ4v) is 3.53. The van der Waals surface area contributed by atoms with Gasteiger partial charge in [0.15, 0.2) is 0 Å². The van der Waals surface area contributed by atoms with E-state index >= 15 is 0 Å². The van der Waals surface area contributed by atoms with Gasteiger partial charge in [-0.25, -0.2) is 4.68 Å². The van der Waals surface area contributed by atoms with Crippen molar-refractivity contribution in [2.75, 3.05) is 0 Å². The van der Waals surface area contributed by atoms with Crippen molar-refractivity contribution in [1.82, 2.24) is 20.4 Å². The minimum Gasteiger partial charge on any atom is -0.351 e. The first kappa shape index (κ1) is 15.9. The molecule has 1 aliphatic carbocycles. The third-order valence-corrected chi connectivity index (χ3v) is 5.05. The Morgan fingerprint density at radius 1 is 1.24 bits per heavy atom. The molecular weight excluding hydrogens is 316 g/mol. The lowest BCUT2D eigenvalue weighted by Crippen LogP contribution is -2.56. The van der Waals surface area contributed by atoms with Crippen molar-refractivity contribution in [2.45, 2.75) is 44.7 Å². The Labute approximate surface area is 146 Å². The van der Waals surface area contributed by atoms with Crippen LogP contribution in [0.25, 0.3) is 5.69 Å². The maximum atomic E-state index is 12.8. The smallest absolute Gasteiger partial charge is 0.255 e. The van der Waals surface area contributed by atoms with Crippen LogP contribution in [0.3, 0.4) is 0 Å². The van der Waals surface area contributed by atoms with E-state index in [4.69, 9.17) is 0 Å². The summed E-state index contributed by atoms with van der Waals surface area (Å²) in [6, 6.07) is 9.80. The van der Waals surface area contributed by atoms with Crippen LogP contribution in [-0.2, 0) is 4.79 Å². The number of rotatable bonds is 4. The molecule has 6 nitrogen and oxygen atoms in total. The van der Waals surface area contributed by atoms with Gasteiger partial charge >= 0.3 is 0 Å². The first-order chi connectivity index (χ1) is 12.1. The standard InChI is InChI=1S/C19H22N4O2/c1-12-15(11-23(22-12)14-5-3-2-4-6-14)19(25)20-16-9-10-17(24)21-18(16)13-7-8-13/h2-6,11,13,16,18H,7-10H2,1H3,(H,20,25)(H,21,24)/t16-,18+/m1/s1. The quantitative estimate of drug-likeness (QED) is 0.895. The fraction of sp³-hybridized carbons (Fsp3) is 0.421. The lowest BCUT2D eigenvalue weighted by Gasteiger charge is -2.33. The van der Waals surface area contributed by atoms with Gasteiger partial charge in [-0.3, -0.25) is 9.59 Å². The number of carbonyl (C=O) groups is 2. The molecule has 130 valence electrons. The van der Waals surface area contributed by atoms with E-state index in [1.807, 2.05) is 37.3 Å². The van der Waals surface area contributed by atoms with Crippen LogP contribution in [0.5, 0.6) is 0 Å². The van der Waals surface area contributed by atoms with E-state index in [2.05, 4.69) is 15.7 Å². The highest BCUT2D eigenvalue weighted by atomic mass is 16.2. The van der Waals surface area contributed by atoms with Gasteiger partial charge in [-0.1, -0.05) is 18.2 Å². The first-order valence-corrected chi connectivity index (χ1v) is 8.84. The number of amides is 2. The van der Waals surface area contributed by atoms with E-state index in [9.17, 15) is 9.59 Å². The third kappa shape index (κ3) is 3.29. The summed E-state index contributed by atoms with van der Waals surface area (Å²) in [4.78, 5) is 24.5. The van der Waals surface area contributed by atoms with E-state index in [1.165, 1.54) is 0 Å². The van der Waals surface area contributed by atoms with Crippen molar-refractivity contribution in [3.8, 4) is 5.69 Å². The summed E-state index contributed by atoms with van der Waals surface area (Å²) in [7, 11) is 0. The summed E-state index contributed by atoms with van der Waals surface area (Å²) in [5.41, 5.74) is 2.20. The molecule has 0 bridgehead atoms. The topological polar surface area (TPSA) is 76.0 Å². The predicted octanol–water partition coefficient (Wildman–Crippen LogP) is 1.97. The van der Waals surface area contributed by atoms with E-state index in [1.54, 1.807) is 10.9 Å². The van der Waals surface area contributed by atoms with Crippen LogP contribution in [0, 0.1) is 12.8 Å². The lowest BCUT2D eigenvalue weighted by atomic mass is 9.94. The Kier molecular flexibility index (Phi) is 4.03. The summed E-state index contributed by atoms with van der Waals surface area (Å²) in [6.07, 6.45) is 5.19. The first-order valence-electron chi connectivity index (χ1n) is 8.84. The third-order valence-electron chi connectivity index (χ3n) is 5.05. The van der Waals surface area contributed by atoms with E-state index in [0.717, 1.165) is 18.5 Å². The van der Waals surface area contributed by atoms with Crippen molar-refractivity contribution in [3.63, 3.8) is 0 Å². The van der Waals surface area contributed by atoms with E-state index in [0.29, 0.717) is 30.0 Å². The summed E-state index contributed by atoms with van der Waals surface area (Å²) in [5.74, 6) is 0.477. The Bertz CT molecular complexity index is 795. The number of piperidine rings is 1. The normalized spacial score (nSPS) is 23.2. The molecule has 0 spiro atoms. The van der Waals surface area contributed by atoms with Gasteiger partial charge < -0.3 is 10.6 Å². The van der Waals surface area contributed by atoms with Gasteiger partial charge in [0.05, 0.1) is 29.0 Å². The number of hydrogen-bond acceptors (Lipinski definition) is 3. The minimum atomic E-state index is -0.119. The minimum absolute atomic E-state index is 0.00262. The molecule has 1 saturated carbocycles. The van der Waals surface area contributed by atoms with Crippen LogP contribution in [-0.4, -0.2) is 33.7 Å². The molecule has 0 unspecified atom stereocenters. The van der Waals surface area contributed by atoms with Crippen molar-refractivity contribution < 1.29 is 9.59 Å². The molecule has 2 heterocycles. The molecule has 2 amide bonds. The van der Waals surface area contributed by atoms with Crippen LogP contribution in [0.4, 0.5) is 0 Å². The number of nitrogens with zero attached hydrogens (tertiary/aromatic N) is 2. The zero-order valence-electron chi connectivity index (χ0n) is 14.2. The van der Waals surface area contributed by atoms with Crippen LogP contribution in [0.2, 0.25) is 0 Å². The van der Waals surface area contributed by atoms with Crippen LogP contribution in [0.1, 0.15) is 41.7 Å². The number of para-hydroxylation sites is 1. The largest absolute Gasteiger partial charge is 0.351 e. The van der Waals surface area contributed by atoms with Crippen molar-refractivity contribution in [2.24, 2.45) is 5.92 Å².